The zero-order valence-corrected chi connectivity index (χ0v) is 17.4. The fraction of sp³-hybridized carbons (Fsp3) is 0.333. The van der Waals surface area contributed by atoms with Crippen LogP contribution < -0.4 is 0 Å². The Kier molecular flexibility index (Phi) is 6.79. The molecule has 0 saturated carbocycles. The molecule has 1 amide bonds. The third-order valence-electron chi connectivity index (χ3n) is 4.07. The first-order valence-corrected chi connectivity index (χ1v) is 12.6. The largest absolute Gasteiger partial charge is 0.508 e. The summed E-state index contributed by atoms with van der Waals surface area (Å²) in [5.74, 6) is -0.570. The lowest BCUT2D eigenvalue weighted by molar-refractivity contribution is -0.130. The van der Waals surface area contributed by atoms with Crippen molar-refractivity contribution in [3.63, 3.8) is 0 Å². The molecule has 1 N–H and O–H groups in total. The predicted molar refractivity (Wildman–Crippen MR) is 108 cm³/mol. The van der Waals surface area contributed by atoms with E-state index in [4.69, 9.17) is 4.74 Å². The summed E-state index contributed by atoms with van der Waals surface area (Å²) in [5.41, 5.74) is 1.84. The van der Waals surface area contributed by atoms with Gasteiger partial charge in [-0.3, -0.25) is 4.79 Å². The zero-order valence-electron chi connectivity index (χ0n) is 16.4. The molecule has 0 spiro atoms. The van der Waals surface area contributed by atoms with Gasteiger partial charge in [-0.15, -0.1) is 0 Å². The minimum atomic E-state index is -1.54. The first-order valence-electron chi connectivity index (χ1n) is 8.91. The molecular formula is C21H27NO4Si. The number of benzene rings is 2. The van der Waals surface area contributed by atoms with Gasteiger partial charge in [0.1, 0.15) is 5.75 Å². The maximum absolute atomic E-state index is 13.1. The lowest BCUT2D eigenvalue weighted by atomic mass is 10.0. The molecule has 27 heavy (non-hydrogen) atoms. The van der Waals surface area contributed by atoms with Crippen molar-refractivity contribution in [3.05, 3.63) is 65.2 Å². The lowest BCUT2D eigenvalue weighted by Crippen LogP contribution is -2.43. The summed E-state index contributed by atoms with van der Waals surface area (Å²) in [6, 6.07) is 14.2. The molecule has 2 rings (SSSR count). The highest BCUT2D eigenvalue weighted by Crippen LogP contribution is 2.20. The van der Waals surface area contributed by atoms with Crippen molar-refractivity contribution in [1.29, 1.82) is 0 Å². The summed E-state index contributed by atoms with van der Waals surface area (Å²) in [4.78, 5) is 26.9. The second-order valence-electron chi connectivity index (χ2n) is 7.81. The lowest BCUT2D eigenvalue weighted by Gasteiger charge is -2.29. The van der Waals surface area contributed by atoms with Crippen molar-refractivity contribution in [3.8, 4) is 5.75 Å². The number of aromatic hydroxyl groups is 1. The fourth-order valence-corrected chi connectivity index (χ4v) is 4.35. The standard InChI is InChI=1S/C21H27NO4Si/c1-26-21(25)19-11-10-18(23)12-17(19)13-20(24)22(15-27(2,3)4)14-16-8-6-5-7-9-16/h5-12,23H,13-15H2,1-4H3. The molecule has 0 unspecified atom stereocenters. The first kappa shape index (κ1) is 20.7. The maximum Gasteiger partial charge on any atom is 0.338 e. The minimum Gasteiger partial charge on any atom is -0.508 e. The summed E-state index contributed by atoms with van der Waals surface area (Å²) >= 11 is 0. The highest BCUT2D eigenvalue weighted by Gasteiger charge is 2.24. The van der Waals surface area contributed by atoms with Gasteiger partial charge in [0.15, 0.2) is 0 Å². The molecule has 0 saturated heterocycles. The number of carbonyl (C=O) groups is 2. The summed E-state index contributed by atoms with van der Waals surface area (Å²) < 4.78 is 4.80. The Bertz CT molecular complexity index is 800. The number of phenolic OH excluding ortho intramolecular Hbond substituents is 1. The van der Waals surface area contributed by atoms with E-state index < -0.39 is 14.0 Å². The Morgan fingerprint density at radius 3 is 2.33 bits per heavy atom. The summed E-state index contributed by atoms with van der Waals surface area (Å²) in [6.07, 6.45) is 0.753. The van der Waals surface area contributed by atoms with Gasteiger partial charge >= 0.3 is 5.97 Å². The van der Waals surface area contributed by atoms with E-state index in [2.05, 4.69) is 19.6 Å². The van der Waals surface area contributed by atoms with E-state index in [1.54, 1.807) is 0 Å². The highest BCUT2D eigenvalue weighted by molar-refractivity contribution is 6.76. The van der Waals surface area contributed by atoms with Gasteiger partial charge in [-0.2, -0.15) is 0 Å². The van der Waals surface area contributed by atoms with Gasteiger partial charge in [0, 0.05) is 12.7 Å². The molecule has 6 heteroatoms. The molecule has 0 fully saturated rings. The topological polar surface area (TPSA) is 66.8 Å². The SMILES string of the molecule is COC(=O)c1ccc(O)cc1CC(=O)N(Cc1ccccc1)C[Si](C)(C)C. The van der Waals surface area contributed by atoms with Crippen LogP contribution in [0.1, 0.15) is 21.5 Å². The van der Waals surface area contributed by atoms with Crippen molar-refractivity contribution < 1.29 is 19.4 Å². The van der Waals surface area contributed by atoms with Gasteiger partial charge in [0.2, 0.25) is 5.91 Å². The highest BCUT2D eigenvalue weighted by atomic mass is 28.3. The van der Waals surface area contributed by atoms with Gasteiger partial charge in [-0.05, 0) is 29.3 Å². The van der Waals surface area contributed by atoms with Crippen LogP contribution >= 0.6 is 0 Å². The third kappa shape index (κ3) is 6.25. The summed E-state index contributed by atoms with van der Waals surface area (Å²) in [6.45, 7) is 7.17. The molecule has 0 aliphatic heterocycles. The smallest absolute Gasteiger partial charge is 0.338 e. The number of methoxy groups -OCH3 is 1. The molecule has 0 aromatic heterocycles. The maximum atomic E-state index is 13.1. The number of nitrogens with zero attached hydrogens (tertiary/aromatic N) is 1. The van der Waals surface area contributed by atoms with Crippen molar-refractivity contribution in [2.24, 2.45) is 0 Å². The second kappa shape index (κ2) is 8.86. The number of hydrogen-bond donors (Lipinski definition) is 1. The van der Waals surface area contributed by atoms with E-state index in [-0.39, 0.29) is 18.1 Å². The fourth-order valence-electron chi connectivity index (χ4n) is 2.92. The predicted octanol–water partition coefficient (Wildman–Crippen LogP) is 3.63. The molecule has 0 bridgehead atoms. The van der Waals surface area contributed by atoms with E-state index in [0.717, 1.165) is 5.56 Å². The number of amides is 1. The number of esters is 1. The quantitative estimate of drug-likeness (QED) is 0.584. The minimum absolute atomic E-state index is 0.0188. The van der Waals surface area contributed by atoms with Crippen molar-refractivity contribution in [1.82, 2.24) is 4.90 Å². The molecule has 2 aromatic rings. The summed E-state index contributed by atoms with van der Waals surface area (Å²) in [7, 11) is -0.244. The molecule has 0 aliphatic rings. The number of rotatable bonds is 7. The third-order valence-corrected chi connectivity index (χ3v) is 5.40. The molecule has 0 atom stereocenters. The van der Waals surface area contributed by atoms with Crippen LogP contribution in [-0.2, 0) is 22.5 Å². The first-order chi connectivity index (χ1) is 12.7. The van der Waals surface area contributed by atoms with Gasteiger partial charge in [-0.25, -0.2) is 4.79 Å². The number of carbonyl (C=O) groups excluding carboxylic acids is 2. The zero-order chi connectivity index (χ0) is 20.0. The normalized spacial score (nSPS) is 11.1. The van der Waals surface area contributed by atoms with Crippen LogP contribution in [0.3, 0.4) is 0 Å². The van der Waals surface area contributed by atoms with Crippen LogP contribution in [0.4, 0.5) is 0 Å². The molecule has 5 nitrogen and oxygen atoms in total. The number of hydrogen-bond acceptors (Lipinski definition) is 4. The Morgan fingerprint density at radius 2 is 1.74 bits per heavy atom. The molecule has 0 radical (unpaired) electrons. The van der Waals surface area contributed by atoms with Crippen LogP contribution in [0.5, 0.6) is 5.75 Å². The van der Waals surface area contributed by atoms with Crippen LogP contribution in [0.25, 0.3) is 0 Å². The Labute approximate surface area is 161 Å². The van der Waals surface area contributed by atoms with Crippen molar-refractivity contribution in [2.75, 3.05) is 13.3 Å². The Balaban J connectivity index is 2.28. The van der Waals surface area contributed by atoms with Crippen LogP contribution in [0.2, 0.25) is 19.6 Å². The van der Waals surface area contributed by atoms with E-state index in [0.29, 0.717) is 23.8 Å². The molecule has 2 aromatic carbocycles. The van der Waals surface area contributed by atoms with E-state index in [9.17, 15) is 14.7 Å². The monoisotopic (exact) mass is 385 g/mol. The Hall–Kier alpha value is -2.60. The number of phenols is 1. The van der Waals surface area contributed by atoms with Crippen molar-refractivity contribution in [2.45, 2.75) is 32.6 Å². The molecule has 0 heterocycles. The van der Waals surface area contributed by atoms with Gasteiger partial charge in [-0.1, -0.05) is 50.0 Å². The second-order valence-corrected chi connectivity index (χ2v) is 13.2. The van der Waals surface area contributed by atoms with Gasteiger partial charge in [0.05, 0.1) is 27.2 Å². The van der Waals surface area contributed by atoms with Crippen molar-refractivity contribution >= 4 is 20.0 Å². The average Bonchev–Trinajstić information content (AvgIpc) is 2.60. The Morgan fingerprint density at radius 1 is 1.07 bits per heavy atom. The van der Waals surface area contributed by atoms with Crippen LogP contribution in [-0.4, -0.2) is 43.2 Å². The molecule has 144 valence electrons. The molecule has 0 aliphatic carbocycles. The van der Waals surface area contributed by atoms with Crippen LogP contribution in [0.15, 0.2) is 48.5 Å². The van der Waals surface area contributed by atoms with Gasteiger partial charge in [0.25, 0.3) is 0 Å². The summed E-state index contributed by atoms with van der Waals surface area (Å²) in [5, 5.41) is 9.79. The van der Waals surface area contributed by atoms with E-state index in [1.165, 1.54) is 25.3 Å². The van der Waals surface area contributed by atoms with E-state index >= 15 is 0 Å². The average molecular weight is 386 g/mol. The molecular weight excluding hydrogens is 358 g/mol. The number of ether oxygens (including phenoxy) is 1. The van der Waals surface area contributed by atoms with Crippen LogP contribution in [0, 0.1) is 0 Å². The van der Waals surface area contributed by atoms with E-state index in [1.807, 2.05) is 35.2 Å². The van der Waals surface area contributed by atoms with Gasteiger partial charge < -0.3 is 14.7 Å².